The first-order valence-electron chi connectivity index (χ1n) is 6.80. The lowest BCUT2D eigenvalue weighted by atomic mass is 10.3. The molecule has 0 unspecified atom stereocenters. The van der Waals surface area contributed by atoms with Gasteiger partial charge in [0.05, 0.1) is 15.1 Å². The standard InChI is InChI=1S/C15H12N2O4S2/c1-17-11-7-12-13(21-9-20-12)8-14(11)22-15(17)16-23(18,19)10-5-3-2-4-6-10/h2-8H,9H2,1H3. The fourth-order valence-corrected chi connectivity index (χ4v) is 4.63. The summed E-state index contributed by atoms with van der Waals surface area (Å²) in [4.78, 5) is 0.569. The normalized spacial score (nSPS) is 14.6. The summed E-state index contributed by atoms with van der Waals surface area (Å²) in [6, 6.07) is 11.8. The Balaban J connectivity index is 1.91. The van der Waals surface area contributed by atoms with E-state index in [1.165, 1.54) is 23.5 Å². The van der Waals surface area contributed by atoms with Crippen LogP contribution >= 0.6 is 11.3 Å². The van der Waals surface area contributed by atoms with Gasteiger partial charge in [-0.1, -0.05) is 29.5 Å². The van der Waals surface area contributed by atoms with Crippen LogP contribution in [0.4, 0.5) is 0 Å². The van der Waals surface area contributed by atoms with Crippen LogP contribution < -0.4 is 14.3 Å². The van der Waals surface area contributed by atoms with Gasteiger partial charge in [0.1, 0.15) is 0 Å². The molecule has 8 heteroatoms. The second kappa shape index (κ2) is 5.10. The molecule has 2 aromatic carbocycles. The third kappa shape index (κ3) is 2.40. The molecule has 0 N–H and O–H groups in total. The Bertz CT molecular complexity index is 1070. The van der Waals surface area contributed by atoms with E-state index in [0.29, 0.717) is 16.3 Å². The van der Waals surface area contributed by atoms with Gasteiger partial charge in [-0.3, -0.25) is 0 Å². The van der Waals surface area contributed by atoms with Gasteiger partial charge in [-0.15, -0.1) is 4.40 Å². The zero-order chi connectivity index (χ0) is 16.0. The fourth-order valence-electron chi connectivity index (χ4n) is 2.35. The summed E-state index contributed by atoms with van der Waals surface area (Å²) < 4.78 is 42.1. The maximum atomic E-state index is 12.4. The number of fused-ring (bicyclic) bond motifs is 2. The molecule has 0 bridgehead atoms. The minimum atomic E-state index is -3.74. The average Bonchev–Trinajstić information content (AvgIpc) is 3.11. The quantitative estimate of drug-likeness (QED) is 0.712. The van der Waals surface area contributed by atoms with E-state index >= 15 is 0 Å². The SMILES string of the molecule is Cn1c(=NS(=O)(=O)c2ccccc2)sc2cc3c(cc21)OCO3. The van der Waals surface area contributed by atoms with Crippen LogP contribution in [0.25, 0.3) is 10.2 Å². The predicted octanol–water partition coefficient (Wildman–Crippen LogP) is 2.26. The molecule has 3 aromatic rings. The molecule has 0 amide bonds. The molecule has 0 fully saturated rings. The molecule has 2 heterocycles. The van der Waals surface area contributed by atoms with Crippen molar-refractivity contribution in [1.29, 1.82) is 0 Å². The highest BCUT2D eigenvalue weighted by molar-refractivity contribution is 7.90. The van der Waals surface area contributed by atoms with Crippen molar-refractivity contribution < 1.29 is 17.9 Å². The third-order valence-electron chi connectivity index (χ3n) is 3.54. The number of aromatic nitrogens is 1. The van der Waals surface area contributed by atoms with Crippen LogP contribution in [0.15, 0.2) is 51.8 Å². The Hall–Kier alpha value is -2.32. The summed E-state index contributed by atoms with van der Waals surface area (Å²) >= 11 is 1.29. The van der Waals surface area contributed by atoms with E-state index in [0.717, 1.165) is 10.2 Å². The number of ether oxygens (including phenoxy) is 2. The van der Waals surface area contributed by atoms with Crippen molar-refractivity contribution in [3.63, 3.8) is 0 Å². The van der Waals surface area contributed by atoms with Crippen LogP contribution in [0.5, 0.6) is 11.5 Å². The van der Waals surface area contributed by atoms with Crippen molar-refractivity contribution in [1.82, 2.24) is 4.57 Å². The highest BCUT2D eigenvalue weighted by Crippen LogP contribution is 2.36. The summed E-state index contributed by atoms with van der Waals surface area (Å²) in [5.74, 6) is 1.32. The van der Waals surface area contributed by atoms with Gasteiger partial charge in [0.2, 0.25) is 11.6 Å². The lowest BCUT2D eigenvalue weighted by Gasteiger charge is -1.99. The topological polar surface area (TPSA) is 69.9 Å². The number of sulfonamides is 1. The molecule has 118 valence electrons. The third-order valence-corrected chi connectivity index (χ3v) is 6.03. The molecular formula is C15H12N2O4S2. The van der Waals surface area contributed by atoms with Crippen LogP contribution in [0, 0.1) is 0 Å². The Morgan fingerprint density at radius 2 is 1.83 bits per heavy atom. The van der Waals surface area contributed by atoms with Crippen LogP contribution in [0.3, 0.4) is 0 Å². The molecule has 23 heavy (non-hydrogen) atoms. The molecule has 0 atom stereocenters. The van der Waals surface area contributed by atoms with Gasteiger partial charge in [-0.05, 0) is 12.1 Å². The van der Waals surface area contributed by atoms with Crippen LogP contribution in [0.1, 0.15) is 0 Å². The number of rotatable bonds is 2. The molecule has 0 spiro atoms. The second-order valence-electron chi connectivity index (χ2n) is 5.00. The Morgan fingerprint density at radius 3 is 2.57 bits per heavy atom. The number of thiazole rings is 1. The van der Waals surface area contributed by atoms with E-state index in [1.54, 1.807) is 29.8 Å². The highest BCUT2D eigenvalue weighted by Gasteiger charge is 2.18. The number of hydrogen-bond donors (Lipinski definition) is 0. The molecular weight excluding hydrogens is 336 g/mol. The summed E-state index contributed by atoms with van der Waals surface area (Å²) in [5, 5.41) is 0. The van der Waals surface area contributed by atoms with Gasteiger partial charge < -0.3 is 14.0 Å². The lowest BCUT2D eigenvalue weighted by Crippen LogP contribution is -2.13. The number of aryl methyl sites for hydroxylation is 1. The fraction of sp³-hybridized carbons (Fsp3) is 0.133. The molecule has 0 aliphatic carbocycles. The smallest absolute Gasteiger partial charge is 0.285 e. The monoisotopic (exact) mass is 348 g/mol. The van der Waals surface area contributed by atoms with Crippen molar-refractivity contribution in [2.45, 2.75) is 4.90 Å². The van der Waals surface area contributed by atoms with E-state index in [1.807, 2.05) is 12.1 Å². The van der Waals surface area contributed by atoms with Crippen molar-refractivity contribution in [3.8, 4) is 11.5 Å². The zero-order valence-electron chi connectivity index (χ0n) is 12.1. The number of nitrogens with zero attached hydrogens (tertiary/aromatic N) is 2. The van der Waals surface area contributed by atoms with Gasteiger partial charge in [0.25, 0.3) is 10.0 Å². The molecule has 0 saturated carbocycles. The maximum Gasteiger partial charge on any atom is 0.285 e. The first-order chi connectivity index (χ1) is 11.0. The van der Waals surface area contributed by atoms with Crippen molar-refractivity contribution in [2.75, 3.05) is 6.79 Å². The molecule has 0 saturated heterocycles. The summed E-state index contributed by atoms with van der Waals surface area (Å²) in [6.07, 6.45) is 0. The highest BCUT2D eigenvalue weighted by atomic mass is 32.2. The van der Waals surface area contributed by atoms with Gasteiger partial charge >= 0.3 is 0 Å². The number of hydrogen-bond acceptors (Lipinski definition) is 5. The van der Waals surface area contributed by atoms with E-state index in [-0.39, 0.29) is 11.7 Å². The van der Waals surface area contributed by atoms with Gasteiger partial charge in [0, 0.05) is 19.2 Å². The molecule has 4 rings (SSSR count). The van der Waals surface area contributed by atoms with Gasteiger partial charge in [-0.2, -0.15) is 8.42 Å². The van der Waals surface area contributed by atoms with Crippen LogP contribution in [0.2, 0.25) is 0 Å². The molecule has 1 aliphatic heterocycles. The van der Waals surface area contributed by atoms with Crippen LogP contribution in [-0.2, 0) is 17.1 Å². The largest absolute Gasteiger partial charge is 0.454 e. The lowest BCUT2D eigenvalue weighted by molar-refractivity contribution is 0.174. The summed E-state index contributed by atoms with van der Waals surface area (Å²) in [5.41, 5.74) is 0.848. The average molecular weight is 348 g/mol. The predicted molar refractivity (Wildman–Crippen MR) is 86.1 cm³/mol. The van der Waals surface area contributed by atoms with E-state index in [2.05, 4.69) is 4.40 Å². The van der Waals surface area contributed by atoms with Crippen LogP contribution in [-0.4, -0.2) is 19.8 Å². The Kier molecular flexibility index (Phi) is 3.17. The summed E-state index contributed by atoms with van der Waals surface area (Å²) in [7, 11) is -1.97. The maximum absolute atomic E-state index is 12.4. The van der Waals surface area contributed by atoms with E-state index < -0.39 is 10.0 Å². The molecule has 6 nitrogen and oxygen atoms in total. The van der Waals surface area contributed by atoms with Gasteiger partial charge in [-0.25, -0.2) is 0 Å². The molecule has 1 aromatic heterocycles. The van der Waals surface area contributed by atoms with Crippen molar-refractivity contribution >= 4 is 31.6 Å². The van der Waals surface area contributed by atoms with Gasteiger partial charge in [0.15, 0.2) is 11.5 Å². The molecule has 0 radical (unpaired) electrons. The summed E-state index contributed by atoms with van der Waals surface area (Å²) in [6.45, 7) is 0.204. The minimum absolute atomic E-state index is 0.173. The molecule has 1 aliphatic rings. The Morgan fingerprint density at radius 1 is 1.13 bits per heavy atom. The van der Waals surface area contributed by atoms with Crippen molar-refractivity contribution in [3.05, 3.63) is 47.3 Å². The Labute approximate surface area is 136 Å². The van der Waals surface area contributed by atoms with E-state index in [4.69, 9.17) is 9.47 Å². The second-order valence-corrected chi connectivity index (χ2v) is 7.61. The van der Waals surface area contributed by atoms with Crippen molar-refractivity contribution in [2.24, 2.45) is 11.4 Å². The van der Waals surface area contributed by atoms with E-state index in [9.17, 15) is 8.42 Å². The number of benzene rings is 2. The first-order valence-corrected chi connectivity index (χ1v) is 9.05. The first kappa shape index (κ1) is 14.3. The minimum Gasteiger partial charge on any atom is -0.454 e. The zero-order valence-corrected chi connectivity index (χ0v) is 13.7.